The molecule has 0 spiro atoms. The molecule has 1 aromatic rings. The number of hydrogen-bond donors (Lipinski definition) is 2. The van der Waals surface area contributed by atoms with Gasteiger partial charge in [0.2, 0.25) is 5.91 Å². The molecular weight excluding hydrogens is 387 g/mol. The van der Waals surface area contributed by atoms with Crippen LogP contribution in [0.5, 0.6) is 0 Å². The van der Waals surface area contributed by atoms with Gasteiger partial charge in [-0.05, 0) is 75.0 Å². The van der Waals surface area contributed by atoms with Crippen molar-refractivity contribution >= 4 is 17.8 Å². The van der Waals surface area contributed by atoms with Gasteiger partial charge < -0.3 is 15.4 Å². The maximum Gasteiger partial charge on any atom is 0.312 e. The van der Waals surface area contributed by atoms with Crippen LogP contribution >= 0.6 is 0 Å². The Morgan fingerprint density at radius 2 is 1.77 bits per heavy atom. The van der Waals surface area contributed by atoms with E-state index in [1.54, 1.807) is 19.1 Å². The van der Waals surface area contributed by atoms with Gasteiger partial charge in [0.15, 0.2) is 6.61 Å². The molecule has 4 bridgehead atoms. The highest BCUT2D eigenvalue weighted by Gasteiger charge is 2.61. The van der Waals surface area contributed by atoms with E-state index in [1.165, 1.54) is 19.1 Å². The minimum Gasteiger partial charge on any atom is -0.455 e. The van der Waals surface area contributed by atoms with Crippen LogP contribution in [0.1, 0.15) is 64.0 Å². The molecule has 7 heteroatoms. The molecule has 4 fully saturated rings. The Bertz CT molecular complexity index is 839. The second-order valence-corrected chi connectivity index (χ2v) is 9.62. The highest BCUT2D eigenvalue weighted by Crippen LogP contribution is 2.62. The molecule has 0 heterocycles. The number of amides is 2. The van der Waals surface area contributed by atoms with Crippen molar-refractivity contribution in [3.05, 3.63) is 35.6 Å². The fourth-order valence-electron chi connectivity index (χ4n) is 6.42. The van der Waals surface area contributed by atoms with Crippen molar-refractivity contribution in [2.75, 3.05) is 6.61 Å². The van der Waals surface area contributed by atoms with Gasteiger partial charge in [0.05, 0.1) is 11.5 Å². The molecule has 4 aliphatic rings. The molecule has 0 aliphatic heterocycles. The highest BCUT2D eigenvalue weighted by molar-refractivity contribution is 5.83. The molecule has 0 aromatic heterocycles. The molecule has 30 heavy (non-hydrogen) atoms. The first-order valence-electron chi connectivity index (χ1n) is 10.7. The van der Waals surface area contributed by atoms with E-state index < -0.39 is 5.41 Å². The van der Waals surface area contributed by atoms with Crippen molar-refractivity contribution in [1.29, 1.82) is 0 Å². The minimum absolute atomic E-state index is 0.0605. The molecule has 6 nitrogen and oxygen atoms in total. The van der Waals surface area contributed by atoms with Gasteiger partial charge in [-0.15, -0.1) is 0 Å². The number of carbonyl (C=O) groups excluding carboxylic acids is 3. The summed E-state index contributed by atoms with van der Waals surface area (Å²) < 4.78 is 18.5. The molecule has 3 atom stereocenters. The van der Waals surface area contributed by atoms with E-state index in [-0.39, 0.29) is 41.8 Å². The number of halogens is 1. The van der Waals surface area contributed by atoms with Gasteiger partial charge in [0.1, 0.15) is 5.82 Å². The first-order valence-corrected chi connectivity index (χ1v) is 10.7. The standard InChI is InChI=1S/C23H29FN2O4/c1-14(18-3-5-19(24)6-4-18)25-20(28)12-30-21(29)22-8-16-7-17(9-22)11-23(10-16,13-22)26-15(2)27/h3-6,14,16-17H,7-13H2,1-2H3,(H,25,28)(H,26,27)/t14-,16-,17-,22?,23?/m0/s1. The maximum atomic E-state index is 13.1. The Balaban J connectivity index is 1.36. The number of nitrogens with one attached hydrogen (secondary N) is 2. The zero-order chi connectivity index (χ0) is 21.5. The van der Waals surface area contributed by atoms with Crippen molar-refractivity contribution in [2.24, 2.45) is 17.3 Å². The lowest BCUT2D eigenvalue weighted by atomic mass is 9.47. The summed E-state index contributed by atoms with van der Waals surface area (Å²) in [7, 11) is 0. The first-order chi connectivity index (χ1) is 14.2. The molecule has 4 saturated carbocycles. The molecule has 1 aromatic carbocycles. The van der Waals surface area contributed by atoms with Crippen LogP contribution in [0.2, 0.25) is 0 Å². The van der Waals surface area contributed by atoms with Crippen LogP contribution in [-0.4, -0.2) is 29.9 Å². The van der Waals surface area contributed by atoms with Crippen molar-refractivity contribution < 1.29 is 23.5 Å². The summed E-state index contributed by atoms with van der Waals surface area (Å²) in [4.78, 5) is 37.1. The van der Waals surface area contributed by atoms with Crippen LogP contribution in [0.25, 0.3) is 0 Å². The van der Waals surface area contributed by atoms with Gasteiger partial charge in [-0.25, -0.2) is 4.39 Å². The van der Waals surface area contributed by atoms with Crippen LogP contribution in [0.3, 0.4) is 0 Å². The zero-order valence-electron chi connectivity index (χ0n) is 17.5. The first kappa shape index (κ1) is 20.8. The van der Waals surface area contributed by atoms with Crippen molar-refractivity contribution in [3.63, 3.8) is 0 Å². The topological polar surface area (TPSA) is 84.5 Å². The van der Waals surface area contributed by atoms with E-state index in [2.05, 4.69) is 10.6 Å². The summed E-state index contributed by atoms with van der Waals surface area (Å²) in [5.41, 5.74) is -0.140. The zero-order valence-corrected chi connectivity index (χ0v) is 17.5. The monoisotopic (exact) mass is 416 g/mol. The number of esters is 1. The number of carbonyl (C=O) groups is 3. The van der Waals surface area contributed by atoms with Crippen LogP contribution in [0, 0.1) is 23.1 Å². The second-order valence-electron chi connectivity index (χ2n) is 9.62. The van der Waals surface area contributed by atoms with Crippen molar-refractivity contribution in [3.8, 4) is 0 Å². The fourth-order valence-corrected chi connectivity index (χ4v) is 6.42. The number of ether oxygens (including phenoxy) is 1. The molecular formula is C23H29FN2O4. The van der Waals surface area contributed by atoms with E-state index in [0.29, 0.717) is 18.3 Å². The molecule has 162 valence electrons. The number of rotatable bonds is 6. The number of hydrogen-bond acceptors (Lipinski definition) is 4. The maximum absolute atomic E-state index is 13.1. The Labute approximate surface area is 175 Å². The molecule has 4 aliphatic carbocycles. The van der Waals surface area contributed by atoms with E-state index in [9.17, 15) is 18.8 Å². The smallest absolute Gasteiger partial charge is 0.312 e. The fraction of sp³-hybridized carbons (Fsp3) is 0.609. The third-order valence-corrected chi connectivity index (χ3v) is 7.02. The quantitative estimate of drug-likeness (QED) is 0.698. The molecule has 2 N–H and O–H groups in total. The molecule has 0 saturated heterocycles. The normalized spacial score (nSPS) is 32.4. The number of benzene rings is 1. The van der Waals surface area contributed by atoms with Gasteiger partial charge in [-0.1, -0.05) is 12.1 Å². The van der Waals surface area contributed by atoms with Crippen molar-refractivity contribution in [2.45, 2.75) is 64.0 Å². The van der Waals surface area contributed by atoms with Crippen molar-refractivity contribution in [1.82, 2.24) is 10.6 Å². The van der Waals surface area contributed by atoms with Crippen LogP contribution < -0.4 is 10.6 Å². The molecule has 5 rings (SSSR count). The van der Waals surface area contributed by atoms with Gasteiger partial charge in [-0.3, -0.25) is 14.4 Å². The van der Waals surface area contributed by atoms with Crippen LogP contribution in [0.4, 0.5) is 4.39 Å². The average molecular weight is 416 g/mol. The third kappa shape index (κ3) is 4.07. The summed E-state index contributed by atoms with van der Waals surface area (Å²) in [6, 6.07) is 5.60. The third-order valence-electron chi connectivity index (χ3n) is 7.02. The van der Waals surface area contributed by atoms with E-state index in [4.69, 9.17) is 4.74 Å². The summed E-state index contributed by atoms with van der Waals surface area (Å²) in [5, 5.41) is 5.91. The Morgan fingerprint density at radius 1 is 1.13 bits per heavy atom. The van der Waals surface area contributed by atoms with Crippen LogP contribution in [0.15, 0.2) is 24.3 Å². The lowest BCUT2D eigenvalue weighted by Crippen LogP contribution is -2.64. The summed E-state index contributed by atoms with van der Waals surface area (Å²) in [6.07, 6.45) is 5.10. The molecule has 2 amide bonds. The molecule has 0 radical (unpaired) electrons. The summed E-state index contributed by atoms with van der Waals surface area (Å²) in [6.45, 7) is 2.98. The molecule has 0 unspecified atom stereocenters. The van der Waals surface area contributed by atoms with E-state index in [1.807, 2.05) is 0 Å². The SMILES string of the molecule is CC(=O)NC12C[C@H]3C[C@H](C1)CC(C(=O)OCC(=O)N[C@@H](C)c1ccc(F)cc1)(C3)C2. The Kier molecular flexibility index (Phi) is 5.32. The largest absolute Gasteiger partial charge is 0.455 e. The highest BCUT2D eigenvalue weighted by atomic mass is 19.1. The average Bonchev–Trinajstić information content (AvgIpc) is 2.64. The minimum atomic E-state index is -0.602. The second kappa shape index (κ2) is 7.67. The predicted molar refractivity (Wildman–Crippen MR) is 108 cm³/mol. The van der Waals surface area contributed by atoms with Gasteiger partial charge >= 0.3 is 5.97 Å². The Hall–Kier alpha value is -2.44. The van der Waals surface area contributed by atoms with Gasteiger partial charge in [0.25, 0.3) is 5.91 Å². The van der Waals surface area contributed by atoms with Gasteiger partial charge in [0, 0.05) is 12.5 Å². The van der Waals surface area contributed by atoms with E-state index >= 15 is 0 Å². The van der Waals surface area contributed by atoms with Gasteiger partial charge in [-0.2, -0.15) is 0 Å². The van der Waals surface area contributed by atoms with Crippen LogP contribution in [-0.2, 0) is 19.1 Å². The summed E-state index contributed by atoms with van der Waals surface area (Å²) in [5.74, 6) is -0.276. The lowest BCUT2D eigenvalue weighted by molar-refractivity contribution is -0.177. The lowest BCUT2D eigenvalue weighted by Gasteiger charge is -2.60. The Morgan fingerprint density at radius 3 is 2.37 bits per heavy atom. The summed E-state index contributed by atoms with van der Waals surface area (Å²) >= 11 is 0. The predicted octanol–water partition coefficient (Wildman–Crippen LogP) is 3.02. The van der Waals surface area contributed by atoms with E-state index in [0.717, 1.165) is 37.7 Å².